The predicted molar refractivity (Wildman–Crippen MR) is 105 cm³/mol. The highest BCUT2D eigenvalue weighted by Gasteiger charge is 2.26. The van der Waals surface area contributed by atoms with Crippen molar-refractivity contribution in [3.63, 3.8) is 0 Å². The third kappa shape index (κ3) is 5.73. The molecule has 1 heterocycles. The second-order valence-corrected chi connectivity index (χ2v) is 7.11. The number of ether oxygens (including phenoxy) is 1. The molecule has 152 valence electrons. The van der Waals surface area contributed by atoms with E-state index in [1.165, 1.54) is 7.11 Å². The molecular formula is C20H27N3O5. The zero-order chi connectivity index (χ0) is 20.7. The van der Waals surface area contributed by atoms with Crippen LogP contribution in [0.1, 0.15) is 32.3 Å². The van der Waals surface area contributed by atoms with Crippen LogP contribution >= 0.6 is 0 Å². The van der Waals surface area contributed by atoms with Crippen molar-refractivity contribution in [2.75, 3.05) is 7.11 Å². The summed E-state index contributed by atoms with van der Waals surface area (Å²) in [5.74, 6) is -1.54. The van der Waals surface area contributed by atoms with Crippen LogP contribution in [0.15, 0.2) is 30.5 Å². The van der Waals surface area contributed by atoms with Gasteiger partial charge in [-0.1, -0.05) is 32.0 Å². The average Bonchev–Trinajstić information content (AvgIpc) is 3.06. The van der Waals surface area contributed by atoms with Gasteiger partial charge in [-0.25, -0.2) is 14.4 Å². The molecule has 0 aliphatic rings. The lowest BCUT2D eigenvalue weighted by atomic mass is 10.0. The van der Waals surface area contributed by atoms with Gasteiger partial charge in [-0.05, 0) is 36.8 Å². The van der Waals surface area contributed by atoms with Crippen LogP contribution in [0.5, 0.6) is 0 Å². The number of carbonyl (C=O) groups excluding carboxylic acids is 2. The quantitative estimate of drug-likeness (QED) is 0.491. The summed E-state index contributed by atoms with van der Waals surface area (Å²) in [7, 11) is 1.25. The zero-order valence-corrected chi connectivity index (χ0v) is 16.3. The Balaban J connectivity index is 1.98. The number of amides is 2. The number of hydrogen-bond donors (Lipinski definition) is 4. The molecule has 2 aromatic rings. The number of para-hydroxylation sites is 1. The Labute approximate surface area is 163 Å². The molecule has 0 saturated heterocycles. The van der Waals surface area contributed by atoms with Gasteiger partial charge >= 0.3 is 18.0 Å². The smallest absolute Gasteiger partial charge is 0.328 e. The summed E-state index contributed by atoms with van der Waals surface area (Å²) >= 11 is 0. The minimum absolute atomic E-state index is 0.154. The number of H-pyrrole nitrogens is 1. The summed E-state index contributed by atoms with van der Waals surface area (Å²) in [6, 6.07) is 5.14. The molecule has 2 atom stereocenters. The van der Waals surface area contributed by atoms with Gasteiger partial charge in [-0.15, -0.1) is 0 Å². The lowest BCUT2D eigenvalue weighted by Crippen LogP contribution is -2.51. The lowest BCUT2D eigenvalue weighted by molar-refractivity contribution is -0.143. The number of rotatable bonds is 9. The van der Waals surface area contributed by atoms with Crippen molar-refractivity contribution >= 4 is 28.9 Å². The van der Waals surface area contributed by atoms with Crippen LogP contribution in [0.25, 0.3) is 10.9 Å². The molecule has 2 amide bonds. The molecule has 0 unspecified atom stereocenters. The molecule has 0 aliphatic carbocycles. The van der Waals surface area contributed by atoms with Crippen molar-refractivity contribution < 1.29 is 24.2 Å². The van der Waals surface area contributed by atoms with E-state index >= 15 is 0 Å². The van der Waals surface area contributed by atoms with Crippen molar-refractivity contribution in [2.45, 2.75) is 45.2 Å². The van der Waals surface area contributed by atoms with E-state index in [2.05, 4.69) is 15.6 Å². The fraction of sp³-hybridized carbons (Fsp3) is 0.450. The number of urea groups is 1. The second kappa shape index (κ2) is 9.77. The van der Waals surface area contributed by atoms with Crippen LogP contribution in [0.2, 0.25) is 0 Å². The fourth-order valence-electron chi connectivity index (χ4n) is 3.08. The number of esters is 1. The number of benzene rings is 1. The van der Waals surface area contributed by atoms with Gasteiger partial charge in [-0.3, -0.25) is 0 Å². The topological polar surface area (TPSA) is 121 Å². The van der Waals surface area contributed by atoms with Gasteiger partial charge in [0.2, 0.25) is 0 Å². The number of aryl methyl sites for hydroxylation is 1. The van der Waals surface area contributed by atoms with E-state index in [-0.39, 0.29) is 12.3 Å². The summed E-state index contributed by atoms with van der Waals surface area (Å²) in [6.07, 6.45) is 2.94. The SMILES string of the molecule is COC(=O)[C@H](CC(C)C)NC(=O)N[C@@H](CCc1c[nH]c2ccccc12)C(=O)O. The number of carboxylic acid groups (broad SMARTS) is 1. The minimum Gasteiger partial charge on any atom is -0.480 e. The van der Waals surface area contributed by atoms with E-state index in [9.17, 15) is 19.5 Å². The Morgan fingerprint density at radius 3 is 2.46 bits per heavy atom. The molecule has 1 aromatic carbocycles. The number of aromatic amines is 1. The summed E-state index contributed by atoms with van der Waals surface area (Å²) in [5, 5.41) is 15.4. The van der Waals surface area contributed by atoms with Crippen molar-refractivity contribution in [1.29, 1.82) is 0 Å². The largest absolute Gasteiger partial charge is 0.480 e. The third-order valence-corrected chi connectivity index (χ3v) is 4.48. The van der Waals surface area contributed by atoms with E-state index in [0.717, 1.165) is 16.5 Å². The van der Waals surface area contributed by atoms with Crippen LogP contribution in [0, 0.1) is 5.92 Å². The van der Waals surface area contributed by atoms with Gasteiger partial charge in [0.05, 0.1) is 7.11 Å². The van der Waals surface area contributed by atoms with Crippen molar-refractivity contribution in [1.82, 2.24) is 15.6 Å². The third-order valence-electron chi connectivity index (χ3n) is 4.48. The lowest BCUT2D eigenvalue weighted by Gasteiger charge is -2.20. The van der Waals surface area contributed by atoms with Crippen LogP contribution in [-0.2, 0) is 20.7 Å². The highest BCUT2D eigenvalue weighted by Crippen LogP contribution is 2.19. The maximum Gasteiger partial charge on any atom is 0.328 e. The van der Waals surface area contributed by atoms with Crippen LogP contribution in [0.4, 0.5) is 4.79 Å². The number of nitrogens with one attached hydrogen (secondary N) is 3. The standard InChI is InChI=1S/C20H27N3O5/c1-12(2)10-17(19(26)28-3)23-20(27)22-16(18(24)25)9-8-13-11-21-15-7-5-4-6-14(13)15/h4-7,11-12,16-17,21H,8-10H2,1-3H3,(H,24,25)(H2,22,23,27)/t16-,17-/m0/s1. The fourth-order valence-corrected chi connectivity index (χ4v) is 3.08. The first kappa shape index (κ1) is 21.3. The Hall–Kier alpha value is -3.03. The molecule has 0 saturated carbocycles. The normalized spacial score (nSPS) is 13.1. The number of methoxy groups -OCH3 is 1. The van der Waals surface area contributed by atoms with Crippen LogP contribution in [0.3, 0.4) is 0 Å². The van der Waals surface area contributed by atoms with Crippen LogP contribution in [-0.4, -0.2) is 47.3 Å². The Morgan fingerprint density at radius 1 is 1.14 bits per heavy atom. The maximum absolute atomic E-state index is 12.2. The number of aromatic nitrogens is 1. The molecule has 4 N–H and O–H groups in total. The molecule has 0 bridgehead atoms. The molecule has 8 heteroatoms. The maximum atomic E-state index is 12.2. The number of fused-ring (bicyclic) bond motifs is 1. The van der Waals surface area contributed by atoms with Crippen molar-refractivity contribution in [3.05, 3.63) is 36.0 Å². The molecule has 8 nitrogen and oxygen atoms in total. The van der Waals surface area contributed by atoms with Gasteiger partial charge in [0.15, 0.2) is 0 Å². The van der Waals surface area contributed by atoms with Gasteiger partial charge in [-0.2, -0.15) is 0 Å². The van der Waals surface area contributed by atoms with E-state index in [4.69, 9.17) is 4.74 Å². The molecule has 0 fully saturated rings. The number of carbonyl (C=O) groups is 3. The Bertz CT molecular complexity index is 830. The summed E-state index contributed by atoms with van der Waals surface area (Å²) in [6.45, 7) is 3.83. The van der Waals surface area contributed by atoms with Gasteiger partial charge in [0.1, 0.15) is 12.1 Å². The van der Waals surface area contributed by atoms with E-state index in [1.54, 1.807) is 0 Å². The number of aliphatic carboxylic acids is 1. The van der Waals surface area contributed by atoms with Crippen molar-refractivity contribution in [2.24, 2.45) is 5.92 Å². The highest BCUT2D eigenvalue weighted by molar-refractivity contribution is 5.87. The second-order valence-electron chi connectivity index (χ2n) is 7.11. The van der Waals surface area contributed by atoms with E-state index in [1.807, 2.05) is 44.3 Å². The predicted octanol–water partition coefficient (Wildman–Crippen LogP) is 2.44. The molecule has 2 rings (SSSR count). The summed E-state index contributed by atoms with van der Waals surface area (Å²) in [4.78, 5) is 38.8. The van der Waals surface area contributed by atoms with E-state index < -0.39 is 30.1 Å². The Morgan fingerprint density at radius 2 is 1.82 bits per heavy atom. The summed E-state index contributed by atoms with van der Waals surface area (Å²) in [5.41, 5.74) is 1.96. The molecule has 28 heavy (non-hydrogen) atoms. The highest BCUT2D eigenvalue weighted by atomic mass is 16.5. The number of carboxylic acids is 1. The molecule has 0 radical (unpaired) electrons. The first-order valence-electron chi connectivity index (χ1n) is 9.24. The van der Waals surface area contributed by atoms with Gasteiger partial charge in [0.25, 0.3) is 0 Å². The molecule has 0 spiro atoms. The van der Waals surface area contributed by atoms with Gasteiger partial charge in [0, 0.05) is 17.1 Å². The molecule has 0 aliphatic heterocycles. The Kier molecular flexibility index (Phi) is 7.43. The molecular weight excluding hydrogens is 362 g/mol. The van der Waals surface area contributed by atoms with Crippen LogP contribution < -0.4 is 10.6 Å². The van der Waals surface area contributed by atoms with Gasteiger partial charge < -0.3 is 25.5 Å². The summed E-state index contributed by atoms with van der Waals surface area (Å²) < 4.78 is 4.70. The first-order chi connectivity index (χ1) is 13.3. The van der Waals surface area contributed by atoms with E-state index in [0.29, 0.717) is 12.8 Å². The monoisotopic (exact) mass is 389 g/mol. The molecule has 1 aromatic heterocycles. The van der Waals surface area contributed by atoms with Crippen molar-refractivity contribution in [3.8, 4) is 0 Å². The number of hydrogen-bond acceptors (Lipinski definition) is 4. The first-order valence-corrected chi connectivity index (χ1v) is 9.24. The average molecular weight is 389 g/mol. The zero-order valence-electron chi connectivity index (χ0n) is 16.3. The minimum atomic E-state index is -1.13.